The number of benzene rings is 1. The maximum Gasteiger partial charge on any atom is 0.263 e. The molecule has 6 heteroatoms. The standard InChI is InChI=1S/C16H18Cl2N2OS/c1-9(2)16-20-10(3)14(22-16)15(21)19-8-7-11-5-4-6-12(17)13(11)18/h4-6,9H,7-8H2,1-3H3,(H,19,21). The highest BCUT2D eigenvalue weighted by molar-refractivity contribution is 7.13. The maximum absolute atomic E-state index is 12.2. The number of nitrogens with one attached hydrogen (secondary N) is 1. The Hall–Kier alpha value is -1.10. The summed E-state index contributed by atoms with van der Waals surface area (Å²) in [5.41, 5.74) is 1.71. The van der Waals surface area contributed by atoms with E-state index in [1.54, 1.807) is 6.07 Å². The van der Waals surface area contributed by atoms with Crippen LogP contribution in [0.2, 0.25) is 10.0 Å². The molecule has 1 N–H and O–H groups in total. The molecule has 0 saturated carbocycles. The van der Waals surface area contributed by atoms with Gasteiger partial charge in [-0.05, 0) is 25.0 Å². The monoisotopic (exact) mass is 356 g/mol. The van der Waals surface area contributed by atoms with E-state index in [1.165, 1.54) is 11.3 Å². The van der Waals surface area contributed by atoms with E-state index in [4.69, 9.17) is 23.2 Å². The molecule has 0 unspecified atom stereocenters. The van der Waals surface area contributed by atoms with Crippen LogP contribution in [0.4, 0.5) is 0 Å². The summed E-state index contributed by atoms with van der Waals surface area (Å²) in [7, 11) is 0. The van der Waals surface area contributed by atoms with Crippen LogP contribution < -0.4 is 5.32 Å². The van der Waals surface area contributed by atoms with E-state index in [2.05, 4.69) is 24.1 Å². The van der Waals surface area contributed by atoms with Crippen molar-refractivity contribution >= 4 is 40.4 Å². The van der Waals surface area contributed by atoms with Gasteiger partial charge in [0.25, 0.3) is 5.91 Å². The maximum atomic E-state index is 12.2. The average Bonchev–Trinajstić information content (AvgIpc) is 2.86. The van der Waals surface area contributed by atoms with Gasteiger partial charge >= 0.3 is 0 Å². The molecule has 2 rings (SSSR count). The van der Waals surface area contributed by atoms with Crippen molar-refractivity contribution in [2.24, 2.45) is 0 Å². The quantitative estimate of drug-likeness (QED) is 0.831. The van der Waals surface area contributed by atoms with Gasteiger partial charge in [-0.15, -0.1) is 11.3 Å². The molecular formula is C16H18Cl2N2OS. The van der Waals surface area contributed by atoms with E-state index >= 15 is 0 Å². The lowest BCUT2D eigenvalue weighted by molar-refractivity contribution is 0.0957. The molecule has 0 bridgehead atoms. The van der Waals surface area contributed by atoms with Gasteiger partial charge in [-0.25, -0.2) is 4.98 Å². The summed E-state index contributed by atoms with van der Waals surface area (Å²) in [6.07, 6.45) is 0.639. The fraction of sp³-hybridized carbons (Fsp3) is 0.375. The number of aromatic nitrogens is 1. The minimum absolute atomic E-state index is 0.0833. The van der Waals surface area contributed by atoms with Gasteiger partial charge in [0.1, 0.15) is 4.88 Å². The molecule has 1 aromatic heterocycles. The molecule has 0 spiro atoms. The van der Waals surface area contributed by atoms with Gasteiger partial charge in [-0.3, -0.25) is 4.79 Å². The van der Waals surface area contributed by atoms with Crippen LogP contribution in [0.3, 0.4) is 0 Å². The lowest BCUT2D eigenvalue weighted by Gasteiger charge is -2.07. The topological polar surface area (TPSA) is 42.0 Å². The number of aryl methyl sites for hydroxylation is 1. The van der Waals surface area contributed by atoms with Gasteiger partial charge in [0.05, 0.1) is 20.7 Å². The summed E-state index contributed by atoms with van der Waals surface area (Å²) in [6.45, 7) is 6.51. The molecule has 0 aliphatic carbocycles. The Labute approximate surface area is 144 Å². The number of hydrogen-bond donors (Lipinski definition) is 1. The largest absolute Gasteiger partial charge is 0.351 e. The highest BCUT2D eigenvalue weighted by atomic mass is 35.5. The van der Waals surface area contributed by atoms with Crippen LogP contribution in [0.1, 0.15) is 45.7 Å². The molecule has 0 saturated heterocycles. The van der Waals surface area contributed by atoms with Gasteiger partial charge in [0.15, 0.2) is 0 Å². The Balaban J connectivity index is 1.97. The van der Waals surface area contributed by atoms with Gasteiger partial charge in [0, 0.05) is 12.5 Å². The number of carbonyl (C=O) groups excluding carboxylic acids is 1. The predicted octanol–water partition coefficient (Wildman–Crippen LogP) is 4.85. The van der Waals surface area contributed by atoms with Crippen LogP contribution in [0.15, 0.2) is 18.2 Å². The normalized spacial score (nSPS) is 11.0. The lowest BCUT2D eigenvalue weighted by Crippen LogP contribution is -2.25. The number of rotatable bonds is 5. The highest BCUT2D eigenvalue weighted by Crippen LogP contribution is 2.26. The van der Waals surface area contributed by atoms with Crippen LogP contribution >= 0.6 is 34.5 Å². The fourth-order valence-electron chi connectivity index (χ4n) is 2.01. The second-order valence-corrected chi connectivity index (χ2v) is 7.16. The Morgan fingerprint density at radius 2 is 2.09 bits per heavy atom. The molecule has 1 amide bonds. The second kappa shape index (κ2) is 7.44. The van der Waals surface area contributed by atoms with Crippen molar-refractivity contribution in [3.8, 4) is 0 Å². The van der Waals surface area contributed by atoms with E-state index in [9.17, 15) is 4.79 Å². The first-order chi connectivity index (χ1) is 10.4. The number of thiazole rings is 1. The fourth-order valence-corrected chi connectivity index (χ4v) is 3.41. The summed E-state index contributed by atoms with van der Waals surface area (Å²) in [5, 5.41) is 4.99. The number of amides is 1. The molecule has 118 valence electrons. The minimum atomic E-state index is -0.0833. The molecule has 1 heterocycles. The third kappa shape index (κ3) is 4.00. The summed E-state index contributed by atoms with van der Waals surface area (Å²) in [4.78, 5) is 17.4. The Morgan fingerprint density at radius 1 is 1.36 bits per heavy atom. The van der Waals surface area contributed by atoms with Crippen LogP contribution in [0.5, 0.6) is 0 Å². The van der Waals surface area contributed by atoms with Crippen LogP contribution in [0.25, 0.3) is 0 Å². The van der Waals surface area contributed by atoms with E-state index < -0.39 is 0 Å². The van der Waals surface area contributed by atoms with E-state index in [0.717, 1.165) is 16.3 Å². The predicted molar refractivity (Wildman–Crippen MR) is 93.4 cm³/mol. The van der Waals surface area contributed by atoms with Crippen molar-refractivity contribution in [2.75, 3.05) is 6.54 Å². The van der Waals surface area contributed by atoms with Gasteiger partial charge in [0.2, 0.25) is 0 Å². The zero-order chi connectivity index (χ0) is 16.3. The molecule has 3 nitrogen and oxygen atoms in total. The third-order valence-electron chi connectivity index (χ3n) is 3.22. The first-order valence-electron chi connectivity index (χ1n) is 7.08. The molecule has 0 atom stereocenters. The Bertz CT molecular complexity index is 683. The first-order valence-corrected chi connectivity index (χ1v) is 8.65. The Morgan fingerprint density at radius 3 is 2.73 bits per heavy atom. The first kappa shape index (κ1) is 17.3. The molecule has 22 heavy (non-hydrogen) atoms. The van der Waals surface area contributed by atoms with Crippen LogP contribution in [-0.2, 0) is 6.42 Å². The smallest absolute Gasteiger partial charge is 0.263 e. The van der Waals surface area contributed by atoms with E-state index in [-0.39, 0.29) is 5.91 Å². The van der Waals surface area contributed by atoms with Crippen molar-refractivity contribution < 1.29 is 4.79 Å². The number of carbonyl (C=O) groups is 1. The summed E-state index contributed by atoms with van der Waals surface area (Å²) in [6, 6.07) is 5.52. The summed E-state index contributed by atoms with van der Waals surface area (Å²) in [5.74, 6) is 0.246. The number of hydrogen-bond acceptors (Lipinski definition) is 3. The van der Waals surface area contributed by atoms with Crippen molar-refractivity contribution in [3.63, 3.8) is 0 Å². The minimum Gasteiger partial charge on any atom is -0.351 e. The van der Waals surface area contributed by atoms with Gasteiger partial charge in [-0.2, -0.15) is 0 Å². The van der Waals surface area contributed by atoms with Crippen molar-refractivity contribution in [2.45, 2.75) is 33.1 Å². The van der Waals surface area contributed by atoms with Crippen LogP contribution in [-0.4, -0.2) is 17.4 Å². The molecule has 0 fully saturated rings. The van der Waals surface area contributed by atoms with Crippen LogP contribution in [0, 0.1) is 6.92 Å². The molecule has 0 aliphatic rings. The molecular weight excluding hydrogens is 339 g/mol. The third-order valence-corrected chi connectivity index (χ3v) is 5.54. The summed E-state index contributed by atoms with van der Waals surface area (Å²) >= 11 is 13.6. The number of nitrogens with zero attached hydrogens (tertiary/aromatic N) is 1. The number of halogens is 2. The zero-order valence-electron chi connectivity index (χ0n) is 12.7. The SMILES string of the molecule is Cc1nc(C(C)C)sc1C(=O)NCCc1cccc(Cl)c1Cl. The average molecular weight is 357 g/mol. The van der Waals surface area contributed by atoms with Crippen molar-refractivity contribution in [1.29, 1.82) is 0 Å². The molecule has 0 radical (unpaired) electrons. The zero-order valence-corrected chi connectivity index (χ0v) is 15.1. The van der Waals surface area contributed by atoms with Crippen molar-refractivity contribution in [1.82, 2.24) is 10.3 Å². The molecule has 2 aromatic rings. The van der Waals surface area contributed by atoms with Gasteiger partial charge in [-0.1, -0.05) is 49.2 Å². The second-order valence-electron chi connectivity index (χ2n) is 5.34. The van der Waals surface area contributed by atoms with Crippen molar-refractivity contribution in [3.05, 3.63) is 49.4 Å². The highest BCUT2D eigenvalue weighted by Gasteiger charge is 2.16. The van der Waals surface area contributed by atoms with E-state index in [1.807, 2.05) is 19.1 Å². The summed E-state index contributed by atoms with van der Waals surface area (Å²) < 4.78 is 0. The van der Waals surface area contributed by atoms with E-state index in [0.29, 0.717) is 33.8 Å². The molecule has 1 aromatic carbocycles. The Kier molecular flexibility index (Phi) is 5.84. The molecule has 0 aliphatic heterocycles. The lowest BCUT2D eigenvalue weighted by atomic mass is 10.1. The van der Waals surface area contributed by atoms with Gasteiger partial charge < -0.3 is 5.32 Å².